The maximum atomic E-state index is 4.50. The van der Waals surface area contributed by atoms with E-state index >= 15 is 0 Å². The molecule has 0 spiro atoms. The van der Waals surface area contributed by atoms with Crippen LogP contribution in [0.25, 0.3) is 22.8 Å². The Hall–Kier alpha value is -2.56. The van der Waals surface area contributed by atoms with Gasteiger partial charge in [-0.1, -0.05) is 6.07 Å². The molecule has 0 aromatic carbocycles. The molecule has 0 bridgehead atoms. The molecule has 3 aromatic heterocycles. The molecule has 0 aliphatic rings. The molecule has 82 valence electrons. The van der Waals surface area contributed by atoms with Crippen molar-refractivity contribution in [2.24, 2.45) is 0 Å². The number of H-pyrrole nitrogens is 1. The van der Waals surface area contributed by atoms with Gasteiger partial charge in [0.2, 0.25) is 0 Å². The minimum absolute atomic E-state index is 0.623. The molecule has 3 rings (SSSR count). The zero-order valence-electron chi connectivity index (χ0n) is 8.91. The second-order valence-electron chi connectivity index (χ2n) is 3.47. The van der Waals surface area contributed by atoms with Gasteiger partial charge in [0.1, 0.15) is 5.69 Å². The Morgan fingerprint density at radius 1 is 0.941 bits per heavy atom. The lowest BCUT2D eigenvalue weighted by Gasteiger charge is -2.00. The van der Waals surface area contributed by atoms with E-state index in [1.54, 1.807) is 30.9 Å². The minimum Gasteiger partial charge on any atom is -0.285 e. The number of hydrogen-bond donors (Lipinski definition) is 1. The van der Waals surface area contributed by atoms with Gasteiger partial charge in [0.15, 0.2) is 5.82 Å². The molecule has 0 aliphatic carbocycles. The molecule has 5 heteroatoms. The Morgan fingerprint density at radius 3 is 2.53 bits per heavy atom. The lowest BCUT2D eigenvalue weighted by Crippen LogP contribution is -1.91. The molecule has 0 saturated heterocycles. The van der Waals surface area contributed by atoms with E-state index in [0.717, 1.165) is 17.0 Å². The van der Waals surface area contributed by atoms with Crippen LogP contribution in [-0.4, -0.2) is 25.1 Å². The SMILES string of the molecule is c1cnc(-c2cccc(-c3cn[nH]c3)n2)nc1. The maximum Gasteiger partial charge on any atom is 0.178 e. The quantitative estimate of drug-likeness (QED) is 0.720. The normalized spacial score (nSPS) is 10.4. The maximum absolute atomic E-state index is 4.50. The summed E-state index contributed by atoms with van der Waals surface area (Å²) in [4.78, 5) is 12.8. The van der Waals surface area contributed by atoms with Crippen molar-refractivity contribution in [3.8, 4) is 22.8 Å². The summed E-state index contributed by atoms with van der Waals surface area (Å²) in [6.07, 6.45) is 6.94. The monoisotopic (exact) mass is 223 g/mol. The fraction of sp³-hybridized carbons (Fsp3) is 0. The van der Waals surface area contributed by atoms with Crippen LogP contribution in [0.3, 0.4) is 0 Å². The van der Waals surface area contributed by atoms with Gasteiger partial charge in [0.05, 0.1) is 11.9 Å². The third kappa shape index (κ3) is 1.90. The zero-order valence-corrected chi connectivity index (χ0v) is 8.91. The van der Waals surface area contributed by atoms with Gasteiger partial charge in [0, 0.05) is 24.2 Å². The second kappa shape index (κ2) is 4.13. The lowest BCUT2D eigenvalue weighted by atomic mass is 10.2. The van der Waals surface area contributed by atoms with Gasteiger partial charge in [-0.05, 0) is 18.2 Å². The van der Waals surface area contributed by atoms with Gasteiger partial charge in [-0.2, -0.15) is 5.10 Å². The highest BCUT2D eigenvalue weighted by Crippen LogP contribution is 2.18. The van der Waals surface area contributed by atoms with E-state index in [1.165, 1.54) is 0 Å². The molecule has 0 atom stereocenters. The van der Waals surface area contributed by atoms with Crippen molar-refractivity contribution in [3.05, 3.63) is 49.1 Å². The molecular formula is C12H9N5. The fourth-order valence-corrected chi connectivity index (χ4v) is 1.54. The van der Waals surface area contributed by atoms with E-state index in [1.807, 2.05) is 18.2 Å². The smallest absolute Gasteiger partial charge is 0.178 e. The molecule has 5 nitrogen and oxygen atoms in total. The topological polar surface area (TPSA) is 67.3 Å². The zero-order chi connectivity index (χ0) is 11.5. The van der Waals surface area contributed by atoms with E-state index in [0.29, 0.717) is 5.82 Å². The van der Waals surface area contributed by atoms with Crippen molar-refractivity contribution in [2.45, 2.75) is 0 Å². The van der Waals surface area contributed by atoms with Crippen LogP contribution in [0.2, 0.25) is 0 Å². The van der Waals surface area contributed by atoms with Crippen molar-refractivity contribution >= 4 is 0 Å². The average molecular weight is 223 g/mol. The van der Waals surface area contributed by atoms with E-state index < -0.39 is 0 Å². The third-order valence-corrected chi connectivity index (χ3v) is 2.34. The van der Waals surface area contributed by atoms with E-state index in [9.17, 15) is 0 Å². The summed E-state index contributed by atoms with van der Waals surface area (Å²) in [5.74, 6) is 0.623. The van der Waals surface area contributed by atoms with Gasteiger partial charge in [0.25, 0.3) is 0 Å². The molecule has 17 heavy (non-hydrogen) atoms. The van der Waals surface area contributed by atoms with Crippen molar-refractivity contribution in [1.29, 1.82) is 0 Å². The first kappa shape index (κ1) is 9.65. The fourth-order valence-electron chi connectivity index (χ4n) is 1.54. The number of nitrogens with one attached hydrogen (secondary N) is 1. The van der Waals surface area contributed by atoms with Crippen molar-refractivity contribution in [3.63, 3.8) is 0 Å². The van der Waals surface area contributed by atoms with E-state index in [4.69, 9.17) is 0 Å². The Kier molecular flexibility index (Phi) is 2.34. The van der Waals surface area contributed by atoms with Crippen LogP contribution >= 0.6 is 0 Å². The highest BCUT2D eigenvalue weighted by Gasteiger charge is 2.05. The molecule has 3 heterocycles. The number of nitrogens with zero attached hydrogens (tertiary/aromatic N) is 4. The standard InChI is InChI=1S/C12H9N5/c1-3-10(9-7-15-16-8-9)17-11(4-1)12-13-5-2-6-14-12/h1-8H,(H,15,16). The summed E-state index contributed by atoms with van der Waals surface area (Å²) in [5.41, 5.74) is 2.55. The summed E-state index contributed by atoms with van der Waals surface area (Å²) < 4.78 is 0. The van der Waals surface area contributed by atoms with E-state index in [-0.39, 0.29) is 0 Å². The second-order valence-corrected chi connectivity index (χ2v) is 3.47. The van der Waals surface area contributed by atoms with Crippen LogP contribution in [0.5, 0.6) is 0 Å². The number of pyridine rings is 1. The molecular weight excluding hydrogens is 214 g/mol. The summed E-state index contributed by atoms with van der Waals surface area (Å²) >= 11 is 0. The first-order valence-electron chi connectivity index (χ1n) is 5.17. The molecule has 3 aromatic rings. The number of hydrogen-bond acceptors (Lipinski definition) is 4. The van der Waals surface area contributed by atoms with Crippen LogP contribution in [0.4, 0.5) is 0 Å². The Labute approximate surface area is 97.6 Å². The summed E-state index contributed by atoms with van der Waals surface area (Å²) in [5, 5.41) is 6.67. The minimum atomic E-state index is 0.623. The number of rotatable bonds is 2. The molecule has 1 N–H and O–H groups in total. The third-order valence-electron chi connectivity index (χ3n) is 2.34. The van der Waals surface area contributed by atoms with Crippen LogP contribution < -0.4 is 0 Å². The van der Waals surface area contributed by atoms with Crippen LogP contribution in [0.15, 0.2) is 49.1 Å². The van der Waals surface area contributed by atoms with Crippen LogP contribution in [0, 0.1) is 0 Å². The predicted molar refractivity (Wildman–Crippen MR) is 62.8 cm³/mol. The Balaban J connectivity index is 2.06. The van der Waals surface area contributed by atoms with Gasteiger partial charge >= 0.3 is 0 Å². The van der Waals surface area contributed by atoms with Crippen molar-refractivity contribution in [1.82, 2.24) is 25.1 Å². The largest absolute Gasteiger partial charge is 0.285 e. The lowest BCUT2D eigenvalue weighted by molar-refractivity contribution is 1.09. The molecule has 0 radical (unpaired) electrons. The van der Waals surface area contributed by atoms with Gasteiger partial charge in [-0.3, -0.25) is 5.10 Å². The first-order chi connectivity index (χ1) is 8.43. The predicted octanol–water partition coefficient (Wildman–Crippen LogP) is 1.93. The van der Waals surface area contributed by atoms with Gasteiger partial charge in [-0.15, -0.1) is 0 Å². The van der Waals surface area contributed by atoms with Gasteiger partial charge < -0.3 is 0 Å². The van der Waals surface area contributed by atoms with Crippen molar-refractivity contribution < 1.29 is 0 Å². The summed E-state index contributed by atoms with van der Waals surface area (Å²) in [7, 11) is 0. The molecule has 0 aliphatic heterocycles. The molecule has 0 unspecified atom stereocenters. The number of aromatic nitrogens is 5. The van der Waals surface area contributed by atoms with Crippen molar-refractivity contribution in [2.75, 3.05) is 0 Å². The summed E-state index contributed by atoms with van der Waals surface area (Å²) in [6.45, 7) is 0. The Bertz CT molecular complexity index is 604. The van der Waals surface area contributed by atoms with Crippen LogP contribution in [-0.2, 0) is 0 Å². The molecule has 0 amide bonds. The van der Waals surface area contributed by atoms with Crippen LogP contribution in [0.1, 0.15) is 0 Å². The van der Waals surface area contributed by atoms with E-state index in [2.05, 4.69) is 25.1 Å². The number of aromatic amines is 1. The average Bonchev–Trinajstić information content (AvgIpc) is 2.94. The Morgan fingerprint density at radius 2 is 1.76 bits per heavy atom. The highest BCUT2D eigenvalue weighted by molar-refractivity contribution is 5.61. The highest BCUT2D eigenvalue weighted by atomic mass is 15.1. The first-order valence-corrected chi connectivity index (χ1v) is 5.17. The molecule has 0 fully saturated rings. The van der Waals surface area contributed by atoms with Gasteiger partial charge in [-0.25, -0.2) is 15.0 Å². The summed E-state index contributed by atoms with van der Waals surface area (Å²) in [6, 6.07) is 7.53. The molecule has 0 saturated carbocycles.